The van der Waals surface area contributed by atoms with Crippen molar-refractivity contribution in [1.82, 2.24) is 0 Å². The summed E-state index contributed by atoms with van der Waals surface area (Å²) in [5, 5.41) is 10.8. The molecule has 0 saturated carbocycles. The largest absolute Gasteiger partial charge is 0.493 e. The topological polar surface area (TPSA) is 82.1 Å². The summed E-state index contributed by atoms with van der Waals surface area (Å²) in [5.74, 6) is -0.0761. The van der Waals surface area contributed by atoms with Crippen LogP contribution in [0.3, 0.4) is 0 Å². The molecular formula is C24H22O6. The number of aliphatic carboxylic acids is 1. The fraction of sp³-hybridized carbons (Fsp3) is 0.167. The van der Waals surface area contributed by atoms with Crippen LogP contribution < -0.4 is 14.2 Å². The van der Waals surface area contributed by atoms with Gasteiger partial charge in [-0.1, -0.05) is 30.3 Å². The van der Waals surface area contributed by atoms with Gasteiger partial charge in [0.1, 0.15) is 5.75 Å². The first-order valence-corrected chi connectivity index (χ1v) is 9.43. The second-order valence-corrected chi connectivity index (χ2v) is 6.38. The van der Waals surface area contributed by atoms with Crippen molar-refractivity contribution >= 4 is 28.6 Å². The third-order valence-electron chi connectivity index (χ3n) is 4.43. The molecule has 0 aliphatic carbocycles. The minimum Gasteiger partial charge on any atom is -0.493 e. The molecule has 0 aliphatic rings. The third kappa shape index (κ3) is 4.78. The molecule has 0 aliphatic heterocycles. The summed E-state index contributed by atoms with van der Waals surface area (Å²) in [5.41, 5.74) is 1.22. The van der Waals surface area contributed by atoms with Crippen LogP contribution >= 0.6 is 0 Å². The minimum absolute atomic E-state index is 0.228. The van der Waals surface area contributed by atoms with Gasteiger partial charge in [-0.2, -0.15) is 0 Å². The second kappa shape index (κ2) is 9.60. The highest BCUT2D eigenvalue weighted by Crippen LogP contribution is 2.31. The lowest BCUT2D eigenvalue weighted by molar-refractivity contribution is -0.139. The summed E-state index contributed by atoms with van der Waals surface area (Å²) in [7, 11) is 1.43. The fourth-order valence-corrected chi connectivity index (χ4v) is 3.06. The van der Waals surface area contributed by atoms with E-state index in [-0.39, 0.29) is 17.3 Å². The molecule has 30 heavy (non-hydrogen) atoms. The number of carbonyl (C=O) groups is 2. The SMILES string of the molecule is CCOc1ccc2ccccc2c1/C=C/C(=O)c1ccc(OCC(=O)O)c(OC)c1. The van der Waals surface area contributed by atoms with E-state index in [2.05, 4.69) is 0 Å². The molecule has 0 heterocycles. The van der Waals surface area contributed by atoms with Crippen LogP contribution in [-0.4, -0.2) is 37.2 Å². The van der Waals surface area contributed by atoms with Crippen molar-refractivity contribution in [3.05, 3.63) is 71.8 Å². The summed E-state index contributed by atoms with van der Waals surface area (Å²) in [6, 6.07) is 16.4. The Kier molecular flexibility index (Phi) is 6.70. The number of benzene rings is 3. The number of hydrogen-bond acceptors (Lipinski definition) is 5. The molecule has 154 valence electrons. The molecular weight excluding hydrogens is 384 g/mol. The summed E-state index contributed by atoms with van der Waals surface area (Å²) in [4.78, 5) is 23.4. The Bertz CT molecular complexity index is 1100. The number of methoxy groups -OCH3 is 1. The lowest BCUT2D eigenvalue weighted by Crippen LogP contribution is -2.10. The average molecular weight is 406 g/mol. The Hall–Kier alpha value is -3.80. The van der Waals surface area contributed by atoms with E-state index >= 15 is 0 Å². The molecule has 3 aromatic carbocycles. The molecule has 0 fully saturated rings. The number of carboxylic acids is 1. The zero-order valence-corrected chi connectivity index (χ0v) is 16.8. The van der Waals surface area contributed by atoms with Crippen LogP contribution in [-0.2, 0) is 4.79 Å². The quantitative estimate of drug-likeness (QED) is 0.413. The molecule has 0 aromatic heterocycles. The van der Waals surface area contributed by atoms with Gasteiger partial charge in [0.05, 0.1) is 13.7 Å². The van der Waals surface area contributed by atoms with Crippen molar-refractivity contribution in [3.8, 4) is 17.2 Å². The number of rotatable bonds is 9. The third-order valence-corrected chi connectivity index (χ3v) is 4.43. The van der Waals surface area contributed by atoms with Gasteiger partial charge in [0.15, 0.2) is 23.9 Å². The van der Waals surface area contributed by atoms with E-state index in [9.17, 15) is 9.59 Å². The molecule has 0 atom stereocenters. The predicted molar refractivity (Wildman–Crippen MR) is 115 cm³/mol. The summed E-state index contributed by atoms with van der Waals surface area (Å²) >= 11 is 0. The van der Waals surface area contributed by atoms with Crippen molar-refractivity contribution in [2.45, 2.75) is 6.92 Å². The van der Waals surface area contributed by atoms with Crippen LogP contribution in [0, 0.1) is 0 Å². The van der Waals surface area contributed by atoms with E-state index in [0.717, 1.165) is 16.3 Å². The summed E-state index contributed by atoms with van der Waals surface area (Å²) in [6.07, 6.45) is 3.23. The first-order valence-electron chi connectivity index (χ1n) is 9.43. The van der Waals surface area contributed by atoms with Gasteiger partial charge in [0.2, 0.25) is 0 Å². The molecule has 1 N–H and O–H groups in total. The Morgan fingerprint density at radius 3 is 2.47 bits per heavy atom. The van der Waals surface area contributed by atoms with Crippen LogP contribution in [0.5, 0.6) is 17.2 Å². The van der Waals surface area contributed by atoms with Gasteiger partial charge in [-0.3, -0.25) is 4.79 Å². The van der Waals surface area contributed by atoms with E-state index in [0.29, 0.717) is 17.9 Å². The maximum absolute atomic E-state index is 12.8. The number of allylic oxidation sites excluding steroid dienone is 1. The highest BCUT2D eigenvalue weighted by atomic mass is 16.5. The van der Waals surface area contributed by atoms with Crippen molar-refractivity contribution < 1.29 is 28.9 Å². The van der Waals surface area contributed by atoms with Gasteiger partial charge in [-0.05, 0) is 54.1 Å². The number of carbonyl (C=O) groups excluding carboxylic acids is 1. The summed E-state index contributed by atoms with van der Waals surface area (Å²) in [6.45, 7) is 1.93. The van der Waals surface area contributed by atoms with Crippen molar-refractivity contribution in [3.63, 3.8) is 0 Å². The number of ether oxygens (including phenoxy) is 3. The Labute approximate surface area is 174 Å². The normalized spacial score (nSPS) is 10.9. The molecule has 0 saturated heterocycles. The maximum atomic E-state index is 12.8. The molecule has 0 radical (unpaired) electrons. The average Bonchev–Trinajstić information content (AvgIpc) is 2.76. The van der Waals surface area contributed by atoms with Crippen LogP contribution in [0.2, 0.25) is 0 Å². The Morgan fingerprint density at radius 1 is 0.967 bits per heavy atom. The predicted octanol–water partition coefficient (Wildman–Crippen LogP) is 4.61. The first-order chi connectivity index (χ1) is 14.5. The monoisotopic (exact) mass is 406 g/mol. The standard InChI is InChI=1S/C24H22O6/c1-3-29-21-12-8-16-6-4-5-7-18(16)19(21)10-11-20(25)17-9-13-22(23(14-17)28-2)30-15-24(26)27/h4-14H,3,15H2,1-2H3,(H,26,27)/b11-10+. The highest BCUT2D eigenvalue weighted by Gasteiger charge is 2.12. The van der Waals surface area contributed by atoms with Gasteiger partial charge < -0.3 is 19.3 Å². The second-order valence-electron chi connectivity index (χ2n) is 6.38. The summed E-state index contributed by atoms with van der Waals surface area (Å²) < 4.78 is 16.1. The molecule has 6 nitrogen and oxygen atoms in total. The fourth-order valence-electron chi connectivity index (χ4n) is 3.06. The number of ketones is 1. The molecule has 3 rings (SSSR count). The van der Waals surface area contributed by atoms with Gasteiger partial charge in [0, 0.05) is 11.1 Å². The maximum Gasteiger partial charge on any atom is 0.341 e. The first kappa shape index (κ1) is 20.9. The van der Waals surface area contributed by atoms with Crippen LogP contribution in [0.25, 0.3) is 16.8 Å². The molecule has 0 spiro atoms. The van der Waals surface area contributed by atoms with Crippen LogP contribution in [0.4, 0.5) is 0 Å². The van der Waals surface area contributed by atoms with Gasteiger partial charge in [0.25, 0.3) is 0 Å². The number of fused-ring (bicyclic) bond motifs is 1. The van der Waals surface area contributed by atoms with E-state index in [1.807, 2.05) is 43.3 Å². The van der Waals surface area contributed by atoms with Crippen molar-refractivity contribution in [2.24, 2.45) is 0 Å². The van der Waals surface area contributed by atoms with E-state index in [4.69, 9.17) is 19.3 Å². The zero-order valence-electron chi connectivity index (χ0n) is 16.8. The molecule has 0 unspecified atom stereocenters. The smallest absolute Gasteiger partial charge is 0.341 e. The highest BCUT2D eigenvalue weighted by molar-refractivity contribution is 6.08. The minimum atomic E-state index is -1.10. The van der Waals surface area contributed by atoms with E-state index in [1.54, 1.807) is 12.1 Å². The molecule has 0 amide bonds. The molecule has 0 bridgehead atoms. The van der Waals surface area contributed by atoms with Crippen LogP contribution in [0.1, 0.15) is 22.8 Å². The van der Waals surface area contributed by atoms with Crippen molar-refractivity contribution in [1.29, 1.82) is 0 Å². The van der Waals surface area contributed by atoms with E-state index < -0.39 is 12.6 Å². The lowest BCUT2D eigenvalue weighted by Gasteiger charge is -2.11. The van der Waals surface area contributed by atoms with Crippen LogP contribution in [0.15, 0.2) is 60.7 Å². The number of carboxylic acid groups (broad SMARTS) is 1. The number of hydrogen-bond donors (Lipinski definition) is 1. The van der Waals surface area contributed by atoms with E-state index in [1.165, 1.54) is 25.3 Å². The lowest BCUT2D eigenvalue weighted by atomic mass is 10.0. The van der Waals surface area contributed by atoms with Gasteiger partial charge in [-0.15, -0.1) is 0 Å². The van der Waals surface area contributed by atoms with Gasteiger partial charge >= 0.3 is 5.97 Å². The molecule has 3 aromatic rings. The molecule has 6 heteroatoms. The van der Waals surface area contributed by atoms with Crippen molar-refractivity contribution in [2.75, 3.05) is 20.3 Å². The Morgan fingerprint density at radius 2 is 1.73 bits per heavy atom. The zero-order chi connectivity index (χ0) is 21.5. The Balaban J connectivity index is 1.90. The van der Waals surface area contributed by atoms with Gasteiger partial charge in [-0.25, -0.2) is 4.79 Å².